The summed E-state index contributed by atoms with van der Waals surface area (Å²) in [6.45, 7) is 5.55. The van der Waals surface area contributed by atoms with E-state index in [4.69, 9.17) is 0 Å². The van der Waals surface area contributed by atoms with Gasteiger partial charge in [0.25, 0.3) is 0 Å². The topological polar surface area (TPSA) is 86.8 Å². The molecule has 0 aliphatic heterocycles. The highest BCUT2D eigenvalue weighted by Crippen LogP contribution is 2.21. The molecule has 7 nitrogen and oxygen atoms in total. The fraction of sp³-hybridized carbons (Fsp3) is 0.500. The molecule has 8 heteroatoms. The Kier molecular flexibility index (Phi) is 9.54. The lowest BCUT2D eigenvalue weighted by atomic mass is 9.95. The van der Waals surface area contributed by atoms with Crippen molar-refractivity contribution in [3.63, 3.8) is 0 Å². The number of nitrogens with zero attached hydrogens (tertiary/aromatic N) is 2. The van der Waals surface area contributed by atoms with Gasteiger partial charge in [0.05, 0.1) is 11.9 Å². The van der Waals surface area contributed by atoms with E-state index in [-0.39, 0.29) is 25.0 Å². The highest BCUT2D eigenvalue weighted by molar-refractivity contribution is 7.92. The molecule has 2 aromatic rings. The molecule has 0 bridgehead atoms. The summed E-state index contributed by atoms with van der Waals surface area (Å²) in [5, 5.41) is 3.11. The Balaban J connectivity index is 1.86. The zero-order valence-electron chi connectivity index (χ0n) is 21.9. The Morgan fingerprint density at radius 3 is 2.28 bits per heavy atom. The number of anilines is 1. The summed E-state index contributed by atoms with van der Waals surface area (Å²) in [5.41, 5.74) is 3.44. The van der Waals surface area contributed by atoms with Crippen molar-refractivity contribution in [2.75, 3.05) is 17.1 Å². The number of hydrogen-bond donors (Lipinski definition) is 1. The molecule has 0 radical (unpaired) electrons. The lowest BCUT2D eigenvalue weighted by Crippen LogP contribution is -2.52. The van der Waals surface area contributed by atoms with Gasteiger partial charge in [-0.3, -0.25) is 13.9 Å². The molecule has 1 aliphatic rings. The number of carbonyl (C=O) groups is 2. The molecule has 1 atom stereocenters. The second-order valence-electron chi connectivity index (χ2n) is 9.82. The van der Waals surface area contributed by atoms with E-state index < -0.39 is 22.0 Å². The third kappa shape index (κ3) is 7.56. The van der Waals surface area contributed by atoms with Crippen molar-refractivity contribution in [2.24, 2.45) is 0 Å². The lowest BCUT2D eigenvalue weighted by molar-refractivity contribution is -0.139. The molecule has 0 aromatic heterocycles. The fourth-order valence-electron chi connectivity index (χ4n) is 4.67. The SMILES string of the molecule is CCc1ccc(N(CC(=O)N(Cc2cccc(C)c2)C(C)C(=O)NC2CCCCC2)S(C)(=O)=O)cc1. The minimum absolute atomic E-state index is 0.120. The quantitative estimate of drug-likeness (QED) is 0.516. The van der Waals surface area contributed by atoms with Gasteiger partial charge < -0.3 is 10.2 Å². The smallest absolute Gasteiger partial charge is 0.244 e. The molecule has 1 aliphatic carbocycles. The Hall–Kier alpha value is -2.87. The lowest BCUT2D eigenvalue weighted by Gasteiger charge is -2.33. The van der Waals surface area contributed by atoms with Crippen molar-refractivity contribution in [2.45, 2.75) is 77.9 Å². The van der Waals surface area contributed by atoms with Gasteiger partial charge in [-0.1, -0.05) is 68.1 Å². The summed E-state index contributed by atoms with van der Waals surface area (Å²) >= 11 is 0. The molecule has 1 saturated carbocycles. The van der Waals surface area contributed by atoms with Gasteiger partial charge in [-0.05, 0) is 56.4 Å². The molecule has 0 heterocycles. The minimum atomic E-state index is -3.73. The first-order chi connectivity index (χ1) is 17.1. The monoisotopic (exact) mass is 513 g/mol. The predicted octanol–water partition coefficient (Wildman–Crippen LogP) is 4.19. The van der Waals surface area contributed by atoms with Gasteiger partial charge in [-0.15, -0.1) is 0 Å². The first-order valence-corrected chi connectivity index (χ1v) is 14.7. The maximum atomic E-state index is 13.7. The van der Waals surface area contributed by atoms with E-state index in [2.05, 4.69) is 5.32 Å². The summed E-state index contributed by atoms with van der Waals surface area (Å²) in [7, 11) is -3.73. The van der Waals surface area contributed by atoms with Crippen molar-refractivity contribution >= 4 is 27.5 Å². The molecule has 0 spiro atoms. The van der Waals surface area contributed by atoms with Gasteiger partial charge in [-0.25, -0.2) is 8.42 Å². The third-order valence-electron chi connectivity index (χ3n) is 6.87. The number of amides is 2. The van der Waals surface area contributed by atoms with E-state index in [1.807, 2.05) is 50.2 Å². The zero-order valence-corrected chi connectivity index (χ0v) is 22.7. The van der Waals surface area contributed by atoms with Crippen molar-refractivity contribution in [1.82, 2.24) is 10.2 Å². The largest absolute Gasteiger partial charge is 0.352 e. The van der Waals surface area contributed by atoms with Crippen LogP contribution in [0.2, 0.25) is 0 Å². The maximum Gasteiger partial charge on any atom is 0.244 e. The second-order valence-corrected chi connectivity index (χ2v) is 11.7. The van der Waals surface area contributed by atoms with Crippen LogP contribution in [0.5, 0.6) is 0 Å². The second kappa shape index (κ2) is 12.4. The molecule has 36 heavy (non-hydrogen) atoms. The Bertz CT molecular complexity index is 1140. The predicted molar refractivity (Wildman–Crippen MR) is 144 cm³/mol. The van der Waals surface area contributed by atoms with E-state index >= 15 is 0 Å². The summed E-state index contributed by atoms with van der Waals surface area (Å²) < 4.78 is 26.5. The zero-order chi connectivity index (χ0) is 26.3. The highest BCUT2D eigenvalue weighted by atomic mass is 32.2. The molecule has 3 rings (SSSR count). The van der Waals surface area contributed by atoms with Crippen molar-refractivity contribution < 1.29 is 18.0 Å². The summed E-state index contributed by atoms with van der Waals surface area (Å²) in [6.07, 6.45) is 7.17. The number of benzene rings is 2. The molecule has 1 fully saturated rings. The number of rotatable bonds is 10. The normalized spacial score (nSPS) is 15.2. The number of sulfonamides is 1. The van der Waals surface area contributed by atoms with E-state index in [9.17, 15) is 18.0 Å². The van der Waals surface area contributed by atoms with E-state index in [1.54, 1.807) is 19.1 Å². The highest BCUT2D eigenvalue weighted by Gasteiger charge is 2.31. The van der Waals surface area contributed by atoms with Crippen LogP contribution in [0.1, 0.15) is 62.6 Å². The standard InChI is InChI=1S/C28H39N3O4S/c1-5-23-14-16-26(17-15-23)31(36(4,34)35)20-27(32)30(19-24-11-9-10-21(2)18-24)22(3)28(33)29-25-12-7-6-8-13-25/h9-11,14-18,22,25H,5-8,12-13,19-20H2,1-4H3,(H,29,33). The fourth-order valence-corrected chi connectivity index (χ4v) is 5.52. The van der Waals surface area contributed by atoms with Crippen LogP contribution >= 0.6 is 0 Å². The van der Waals surface area contributed by atoms with Crippen LogP contribution in [0, 0.1) is 6.92 Å². The number of carbonyl (C=O) groups excluding carboxylic acids is 2. The molecular formula is C28H39N3O4S. The minimum Gasteiger partial charge on any atom is -0.352 e. The first kappa shape index (κ1) is 27.7. The van der Waals surface area contributed by atoms with Gasteiger partial charge in [0.2, 0.25) is 21.8 Å². The van der Waals surface area contributed by atoms with Crippen LogP contribution in [-0.4, -0.2) is 50.0 Å². The molecule has 2 aromatic carbocycles. The van der Waals surface area contributed by atoms with E-state index in [0.29, 0.717) is 5.69 Å². The molecule has 2 amide bonds. The van der Waals surface area contributed by atoms with Crippen LogP contribution < -0.4 is 9.62 Å². The first-order valence-electron chi connectivity index (χ1n) is 12.8. The Labute approximate surface area is 215 Å². The van der Waals surface area contributed by atoms with Crippen molar-refractivity contribution in [1.29, 1.82) is 0 Å². The molecule has 1 N–H and O–H groups in total. The van der Waals surface area contributed by atoms with Crippen molar-refractivity contribution in [3.8, 4) is 0 Å². The van der Waals surface area contributed by atoms with Crippen LogP contribution in [0.15, 0.2) is 48.5 Å². The average Bonchev–Trinajstić information content (AvgIpc) is 2.85. The van der Waals surface area contributed by atoms with Gasteiger partial charge in [0, 0.05) is 12.6 Å². The Morgan fingerprint density at radius 1 is 1.03 bits per heavy atom. The van der Waals surface area contributed by atoms with E-state index in [0.717, 1.165) is 59.4 Å². The van der Waals surface area contributed by atoms with Crippen molar-refractivity contribution in [3.05, 3.63) is 65.2 Å². The molecule has 1 unspecified atom stereocenters. The Morgan fingerprint density at radius 2 is 1.69 bits per heavy atom. The number of hydrogen-bond acceptors (Lipinski definition) is 4. The third-order valence-corrected chi connectivity index (χ3v) is 8.01. The number of aryl methyl sites for hydroxylation is 2. The summed E-state index contributed by atoms with van der Waals surface area (Å²) in [5.74, 6) is -0.631. The summed E-state index contributed by atoms with van der Waals surface area (Å²) in [6, 6.07) is 14.3. The van der Waals surface area contributed by atoms with E-state index in [1.165, 1.54) is 11.3 Å². The van der Waals surface area contributed by atoms with Gasteiger partial charge in [0.1, 0.15) is 12.6 Å². The van der Waals surface area contributed by atoms with Crippen LogP contribution in [0.25, 0.3) is 0 Å². The average molecular weight is 514 g/mol. The molecule has 0 saturated heterocycles. The molecular weight excluding hydrogens is 474 g/mol. The van der Waals surface area contributed by atoms with Crippen LogP contribution in [-0.2, 0) is 32.6 Å². The maximum absolute atomic E-state index is 13.7. The van der Waals surface area contributed by atoms with Gasteiger partial charge in [-0.2, -0.15) is 0 Å². The summed E-state index contributed by atoms with van der Waals surface area (Å²) in [4.78, 5) is 28.4. The number of nitrogens with one attached hydrogen (secondary N) is 1. The molecule has 196 valence electrons. The van der Waals surface area contributed by atoms with Crippen LogP contribution in [0.3, 0.4) is 0 Å². The van der Waals surface area contributed by atoms with Gasteiger partial charge >= 0.3 is 0 Å². The van der Waals surface area contributed by atoms with Gasteiger partial charge in [0.15, 0.2) is 0 Å². The van der Waals surface area contributed by atoms with Crippen LogP contribution in [0.4, 0.5) is 5.69 Å².